The van der Waals surface area contributed by atoms with Crippen LogP contribution in [-0.2, 0) is 6.54 Å². The Hall–Kier alpha value is -2.73. The highest BCUT2D eigenvalue weighted by Crippen LogP contribution is 2.17. The molecule has 1 aliphatic heterocycles. The molecule has 1 aromatic heterocycles. The number of nitrogens with zero attached hydrogens (tertiary/aromatic N) is 2. The topological polar surface area (TPSA) is 61.0 Å². The highest BCUT2D eigenvalue weighted by Gasteiger charge is 2.22. The van der Waals surface area contributed by atoms with Crippen LogP contribution in [-0.4, -0.2) is 39.9 Å². The van der Waals surface area contributed by atoms with Crippen LogP contribution in [0, 0.1) is 12.7 Å². The van der Waals surface area contributed by atoms with Crippen LogP contribution >= 0.6 is 0 Å². The zero-order valence-electron chi connectivity index (χ0n) is 15.3. The lowest BCUT2D eigenvalue weighted by atomic mass is 10.0. The van der Waals surface area contributed by atoms with Gasteiger partial charge in [-0.1, -0.05) is 12.1 Å². The SMILES string of the molecule is Cc1nc2ccc(C(=O)N[C@@H]3CCCN(Cc4ccc(F)cc4)C3)cc2[nH]1. The van der Waals surface area contributed by atoms with Gasteiger partial charge in [0, 0.05) is 24.7 Å². The number of hydrogen-bond donors (Lipinski definition) is 2. The van der Waals surface area contributed by atoms with E-state index in [0.29, 0.717) is 5.56 Å². The zero-order chi connectivity index (χ0) is 18.8. The van der Waals surface area contributed by atoms with E-state index in [0.717, 1.165) is 54.9 Å². The number of hydrogen-bond acceptors (Lipinski definition) is 3. The molecule has 2 aromatic carbocycles. The van der Waals surface area contributed by atoms with Crippen LogP contribution in [0.2, 0.25) is 0 Å². The van der Waals surface area contributed by atoms with Gasteiger partial charge in [0.15, 0.2) is 0 Å². The van der Waals surface area contributed by atoms with Gasteiger partial charge >= 0.3 is 0 Å². The number of amides is 1. The third-order valence-electron chi connectivity index (χ3n) is 5.02. The van der Waals surface area contributed by atoms with E-state index in [1.54, 1.807) is 0 Å². The van der Waals surface area contributed by atoms with Crippen molar-refractivity contribution in [2.75, 3.05) is 13.1 Å². The maximum atomic E-state index is 13.1. The largest absolute Gasteiger partial charge is 0.348 e. The molecule has 0 bridgehead atoms. The van der Waals surface area contributed by atoms with E-state index in [-0.39, 0.29) is 17.8 Å². The lowest BCUT2D eigenvalue weighted by molar-refractivity contribution is 0.0901. The molecule has 4 rings (SSSR count). The summed E-state index contributed by atoms with van der Waals surface area (Å²) in [6.07, 6.45) is 2.00. The first-order chi connectivity index (χ1) is 13.1. The van der Waals surface area contributed by atoms with Crippen molar-refractivity contribution >= 4 is 16.9 Å². The molecule has 3 aromatic rings. The molecule has 1 saturated heterocycles. The molecule has 0 saturated carbocycles. The van der Waals surface area contributed by atoms with Gasteiger partial charge in [-0.05, 0) is 62.2 Å². The van der Waals surface area contributed by atoms with Crippen molar-refractivity contribution in [3.63, 3.8) is 0 Å². The van der Waals surface area contributed by atoms with Crippen molar-refractivity contribution < 1.29 is 9.18 Å². The maximum Gasteiger partial charge on any atom is 0.251 e. The second-order valence-corrected chi connectivity index (χ2v) is 7.23. The maximum absolute atomic E-state index is 13.1. The van der Waals surface area contributed by atoms with E-state index in [2.05, 4.69) is 20.2 Å². The first kappa shape index (κ1) is 17.7. The molecule has 1 aliphatic rings. The van der Waals surface area contributed by atoms with Gasteiger partial charge in [0.05, 0.1) is 11.0 Å². The average molecular weight is 366 g/mol. The number of fused-ring (bicyclic) bond motifs is 1. The van der Waals surface area contributed by atoms with Gasteiger partial charge in [-0.15, -0.1) is 0 Å². The number of aryl methyl sites for hydroxylation is 1. The van der Waals surface area contributed by atoms with Crippen molar-refractivity contribution in [2.45, 2.75) is 32.4 Å². The van der Waals surface area contributed by atoms with Gasteiger partial charge in [0.25, 0.3) is 5.91 Å². The minimum atomic E-state index is -0.216. The molecule has 2 N–H and O–H groups in total. The third kappa shape index (κ3) is 4.17. The molecular formula is C21H23FN4O. The molecule has 1 fully saturated rings. The Kier molecular flexibility index (Phi) is 4.90. The monoisotopic (exact) mass is 366 g/mol. The quantitative estimate of drug-likeness (QED) is 0.744. The first-order valence-corrected chi connectivity index (χ1v) is 9.31. The molecule has 1 amide bonds. The number of aromatic amines is 1. The minimum Gasteiger partial charge on any atom is -0.348 e. The number of halogens is 1. The Morgan fingerprint density at radius 1 is 1.30 bits per heavy atom. The van der Waals surface area contributed by atoms with E-state index >= 15 is 0 Å². The Balaban J connectivity index is 1.38. The molecule has 2 heterocycles. The number of benzene rings is 2. The second-order valence-electron chi connectivity index (χ2n) is 7.23. The van der Waals surface area contributed by atoms with Crippen molar-refractivity contribution in [3.05, 3.63) is 65.2 Å². The van der Waals surface area contributed by atoms with Gasteiger partial charge in [-0.3, -0.25) is 9.69 Å². The summed E-state index contributed by atoms with van der Waals surface area (Å²) >= 11 is 0. The lowest BCUT2D eigenvalue weighted by Crippen LogP contribution is -2.47. The fourth-order valence-electron chi connectivity index (χ4n) is 3.71. The molecule has 5 nitrogen and oxygen atoms in total. The smallest absolute Gasteiger partial charge is 0.251 e. The number of H-pyrrole nitrogens is 1. The molecule has 0 spiro atoms. The van der Waals surface area contributed by atoms with E-state index < -0.39 is 0 Å². The summed E-state index contributed by atoms with van der Waals surface area (Å²) in [5.41, 5.74) is 3.47. The van der Waals surface area contributed by atoms with Crippen LogP contribution in [0.15, 0.2) is 42.5 Å². The summed E-state index contributed by atoms with van der Waals surface area (Å²) in [6.45, 7) is 4.46. The van der Waals surface area contributed by atoms with Crippen LogP contribution in [0.25, 0.3) is 11.0 Å². The first-order valence-electron chi connectivity index (χ1n) is 9.31. The summed E-state index contributed by atoms with van der Waals surface area (Å²) in [6, 6.07) is 12.3. The fraction of sp³-hybridized carbons (Fsp3) is 0.333. The molecule has 0 unspecified atom stereocenters. The van der Waals surface area contributed by atoms with Crippen molar-refractivity contribution in [1.29, 1.82) is 0 Å². The minimum absolute atomic E-state index is 0.0576. The molecule has 27 heavy (non-hydrogen) atoms. The number of likely N-dealkylation sites (tertiary alicyclic amines) is 1. The second kappa shape index (κ2) is 7.48. The van der Waals surface area contributed by atoms with Gasteiger partial charge in [0.1, 0.15) is 11.6 Å². The highest BCUT2D eigenvalue weighted by molar-refractivity contribution is 5.97. The number of imidazole rings is 1. The van der Waals surface area contributed by atoms with Crippen LogP contribution in [0.1, 0.15) is 34.6 Å². The van der Waals surface area contributed by atoms with Crippen molar-refractivity contribution in [3.8, 4) is 0 Å². The Morgan fingerprint density at radius 3 is 2.93 bits per heavy atom. The number of piperidine rings is 1. The lowest BCUT2D eigenvalue weighted by Gasteiger charge is -2.33. The van der Waals surface area contributed by atoms with Crippen molar-refractivity contribution in [2.24, 2.45) is 0 Å². The molecule has 0 radical (unpaired) electrons. The predicted octanol–water partition coefficient (Wildman–Crippen LogP) is 3.40. The normalized spacial score (nSPS) is 17.9. The third-order valence-corrected chi connectivity index (χ3v) is 5.02. The van der Waals surface area contributed by atoms with Gasteiger partial charge < -0.3 is 10.3 Å². The zero-order valence-corrected chi connectivity index (χ0v) is 15.3. The van der Waals surface area contributed by atoms with Crippen LogP contribution < -0.4 is 5.32 Å². The number of aromatic nitrogens is 2. The van der Waals surface area contributed by atoms with E-state index in [1.807, 2.05) is 37.3 Å². The summed E-state index contributed by atoms with van der Waals surface area (Å²) < 4.78 is 13.1. The van der Waals surface area contributed by atoms with E-state index in [4.69, 9.17) is 0 Å². The summed E-state index contributed by atoms with van der Waals surface area (Å²) in [5, 5.41) is 3.16. The van der Waals surface area contributed by atoms with Crippen molar-refractivity contribution in [1.82, 2.24) is 20.2 Å². The Bertz CT molecular complexity index is 950. The fourth-order valence-corrected chi connectivity index (χ4v) is 3.71. The van der Waals surface area contributed by atoms with Gasteiger partial charge in [-0.2, -0.15) is 0 Å². The standard InChI is InChI=1S/C21H23FN4O/c1-14-23-19-9-6-16(11-20(19)24-14)21(27)25-18-3-2-10-26(13-18)12-15-4-7-17(22)8-5-15/h4-9,11,18H,2-3,10,12-13H2,1H3,(H,23,24)(H,25,27)/t18-/m1/s1. The summed E-state index contributed by atoms with van der Waals surface area (Å²) in [7, 11) is 0. The van der Waals surface area contributed by atoms with Gasteiger partial charge in [0.2, 0.25) is 0 Å². The number of carbonyl (C=O) groups excluding carboxylic acids is 1. The molecular weight excluding hydrogens is 343 g/mol. The van der Waals surface area contributed by atoms with Crippen LogP contribution in [0.3, 0.4) is 0 Å². The summed E-state index contributed by atoms with van der Waals surface area (Å²) in [5.74, 6) is 0.566. The Labute approximate surface area is 157 Å². The van der Waals surface area contributed by atoms with Crippen LogP contribution in [0.5, 0.6) is 0 Å². The van der Waals surface area contributed by atoms with Crippen LogP contribution in [0.4, 0.5) is 4.39 Å². The Morgan fingerprint density at radius 2 is 2.11 bits per heavy atom. The van der Waals surface area contributed by atoms with E-state index in [1.165, 1.54) is 12.1 Å². The van der Waals surface area contributed by atoms with E-state index in [9.17, 15) is 9.18 Å². The molecule has 140 valence electrons. The summed E-state index contributed by atoms with van der Waals surface area (Å²) in [4.78, 5) is 22.5. The van der Waals surface area contributed by atoms with Gasteiger partial charge in [-0.25, -0.2) is 9.37 Å². The number of carbonyl (C=O) groups is 1. The molecule has 1 atom stereocenters. The molecule has 0 aliphatic carbocycles. The predicted molar refractivity (Wildman–Crippen MR) is 103 cm³/mol. The molecule has 6 heteroatoms. The average Bonchev–Trinajstić information content (AvgIpc) is 3.03. The number of nitrogens with one attached hydrogen (secondary N) is 2. The number of rotatable bonds is 4. The highest BCUT2D eigenvalue weighted by atomic mass is 19.1.